The Labute approximate surface area is 98.6 Å². The number of hydrogen-bond donors (Lipinski definition) is 1. The normalized spacial score (nSPS) is 10.5. The van der Waals surface area contributed by atoms with Gasteiger partial charge in [0.25, 0.3) is 0 Å². The second-order valence-corrected chi connectivity index (χ2v) is 4.06. The highest BCUT2D eigenvalue weighted by Crippen LogP contribution is 2.22. The highest BCUT2D eigenvalue weighted by molar-refractivity contribution is 9.10. The van der Waals surface area contributed by atoms with Gasteiger partial charge in [-0.25, -0.2) is 4.98 Å². The third-order valence-electron chi connectivity index (χ3n) is 2.22. The summed E-state index contributed by atoms with van der Waals surface area (Å²) in [6.45, 7) is 4.27. The van der Waals surface area contributed by atoms with Gasteiger partial charge in [0.15, 0.2) is 0 Å². The zero-order valence-corrected chi connectivity index (χ0v) is 10.8. The van der Waals surface area contributed by atoms with Crippen molar-refractivity contribution in [2.45, 2.75) is 32.7 Å². The molecule has 0 aliphatic heterocycles. The van der Waals surface area contributed by atoms with Gasteiger partial charge >= 0.3 is 0 Å². The van der Waals surface area contributed by atoms with Gasteiger partial charge in [0.1, 0.15) is 0 Å². The average molecular weight is 274 g/mol. The van der Waals surface area contributed by atoms with E-state index in [-0.39, 0.29) is 0 Å². The Kier molecular flexibility index (Phi) is 4.81. The molecule has 4 nitrogen and oxygen atoms in total. The molecule has 0 saturated carbocycles. The minimum atomic E-state index is 0.413. The van der Waals surface area contributed by atoms with Crippen LogP contribution in [0.5, 0.6) is 5.88 Å². The monoisotopic (exact) mass is 273 g/mol. The van der Waals surface area contributed by atoms with E-state index in [1.807, 2.05) is 0 Å². The summed E-state index contributed by atoms with van der Waals surface area (Å²) in [7, 11) is 1.59. The van der Waals surface area contributed by atoms with Gasteiger partial charge in [-0.3, -0.25) is 0 Å². The predicted octanol–water partition coefficient (Wildman–Crippen LogP) is 2.85. The number of halogens is 1. The lowest BCUT2D eigenvalue weighted by Crippen LogP contribution is -2.18. The summed E-state index contributed by atoms with van der Waals surface area (Å²) in [5, 5.41) is 3.26. The molecule has 84 valence electrons. The largest absolute Gasteiger partial charge is 0.480 e. The number of aromatic nitrogens is 2. The van der Waals surface area contributed by atoms with E-state index in [1.165, 1.54) is 0 Å². The second kappa shape index (κ2) is 5.90. The van der Waals surface area contributed by atoms with Gasteiger partial charge in [0.2, 0.25) is 11.8 Å². The molecule has 5 heteroatoms. The molecule has 0 unspecified atom stereocenters. The number of hydrogen-bond acceptors (Lipinski definition) is 4. The summed E-state index contributed by atoms with van der Waals surface area (Å²) >= 11 is 3.31. The topological polar surface area (TPSA) is 47.0 Å². The first-order valence-electron chi connectivity index (χ1n) is 5.04. The smallest absolute Gasteiger partial charge is 0.232 e. The molecule has 1 heterocycles. The molecule has 1 aromatic rings. The Morgan fingerprint density at radius 3 is 2.67 bits per heavy atom. The van der Waals surface area contributed by atoms with Crippen LogP contribution in [0.3, 0.4) is 0 Å². The van der Waals surface area contributed by atoms with Gasteiger partial charge in [0.05, 0.1) is 17.8 Å². The maximum absolute atomic E-state index is 5.10. The molecule has 0 radical (unpaired) electrons. The molecule has 0 saturated heterocycles. The van der Waals surface area contributed by atoms with Gasteiger partial charge in [-0.2, -0.15) is 4.98 Å². The molecule has 0 atom stereocenters. The second-order valence-electron chi connectivity index (χ2n) is 3.21. The minimum Gasteiger partial charge on any atom is -0.480 e. The van der Waals surface area contributed by atoms with Crippen molar-refractivity contribution in [3.8, 4) is 5.88 Å². The Bertz CT molecular complexity index is 316. The maximum Gasteiger partial charge on any atom is 0.232 e. The highest BCUT2D eigenvalue weighted by atomic mass is 79.9. The quantitative estimate of drug-likeness (QED) is 0.896. The zero-order valence-electron chi connectivity index (χ0n) is 9.25. The van der Waals surface area contributed by atoms with Crippen molar-refractivity contribution in [1.82, 2.24) is 9.97 Å². The predicted molar refractivity (Wildman–Crippen MR) is 64.3 cm³/mol. The average Bonchev–Trinajstić information content (AvgIpc) is 2.28. The van der Waals surface area contributed by atoms with E-state index in [2.05, 4.69) is 45.1 Å². The van der Waals surface area contributed by atoms with Crippen molar-refractivity contribution in [3.63, 3.8) is 0 Å². The zero-order chi connectivity index (χ0) is 11.3. The van der Waals surface area contributed by atoms with Gasteiger partial charge in [-0.15, -0.1) is 0 Å². The van der Waals surface area contributed by atoms with Gasteiger partial charge in [0, 0.05) is 6.04 Å². The van der Waals surface area contributed by atoms with Crippen LogP contribution >= 0.6 is 15.9 Å². The first-order chi connectivity index (χ1) is 7.21. The highest BCUT2D eigenvalue weighted by Gasteiger charge is 2.08. The van der Waals surface area contributed by atoms with Crippen LogP contribution in [0, 0.1) is 0 Å². The summed E-state index contributed by atoms with van der Waals surface area (Å²) in [6, 6.07) is 0.413. The van der Waals surface area contributed by atoms with Crippen molar-refractivity contribution in [3.05, 3.63) is 10.7 Å². The van der Waals surface area contributed by atoms with E-state index in [1.54, 1.807) is 13.3 Å². The molecule has 0 fully saturated rings. The van der Waals surface area contributed by atoms with Crippen LogP contribution in [-0.2, 0) is 0 Å². The number of anilines is 1. The van der Waals surface area contributed by atoms with Crippen LogP contribution in [0.25, 0.3) is 0 Å². The maximum atomic E-state index is 5.10. The molecule has 1 N–H and O–H groups in total. The van der Waals surface area contributed by atoms with Crippen LogP contribution in [0.1, 0.15) is 26.7 Å². The Hall–Kier alpha value is -0.840. The van der Waals surface area contributed by atoms with Crippen LogP contribution in [-0.4, -0.2) is 23.1 Å². The van der Waals surface area contributed by atoms with Crippen molar-refractivity contribution < 1.29 is 4.74 Å². The SMILES string of the molecule is CCC(CC)Nc1ncc(Br)c(OC)n1. The summed E-state index contributed by atoms with van der Waals surface area (Å²) < 4.78 is 5.86. The first-order valence-corrected chi connectivity index (χ1v) is 5.83. The van der Waals surface area contributed by atoms with Crippen LogP contribution < -0.4 is 10.1 Å². The number of ether oxygens (including phenoxy) is 1. The molecule has 0 amide bonds. The number of nitrogens with zero attached hydrogens (tertiary/aromatic N) is 2. The fourth-order valence-corrected chi connectivity index (χ4v) is 1.59. The standard InChI is InChI=1S/C10H16BrN3O/c1-4-7(5-2)13-10-12-6-8(11)9(14-10)15-3/h6-7H,4-5H2,1-3H3,(H,12,13,14). The molecule has 0 aromatic carbocycles. The molecule has 0 bridgehead atoms. The third kappa shape index (κ3) is 3.34. The number of nitrogens with one attached hydrogen (secondary N) is 1. The molecule has 0 spiro atoms. The first kappa shape index (κ1) is 12.2. The van der Waals surface area contributed by atoms with Crippen LogP contribution in [0.2, 0.25) is 0 Å². The fraction of sp³-hybridized carbons (Fsp3) is 0.600. The summed E-state index contributed by atoms with van der Waals surface area (Å²) in [5.74, 6) is 1.17. The Balaban J connectivity index is 2.77. The van der Waals surface area contributed by atoms with Crippen LogP contribution in [0.4, 0.5) is 5.95 Å². The van der Waals surface area contributed by atoms with Crippen molar-refractivity contribution >= 4 is 21.9 Å². The summed E-state index contributed by atoms with van der Waals surface area (Å²) in [4.78, 5) is 8.41. The van der Waals surface area contributed by atoms with E-state index < -0.39 is 0 Å². The molecule has 1 rings (SSSR count). The third-order valence-corrected chi connectivity index (χ3v) is 2.77. The number of methoxy groups -OCH3 is 1. The fourth-order valence-electron chi connectivity index (χ4n) is 1.24. The van der Waals surface area contributed by atoms with Crippen LogP contribution in [0.15, 0.2) is 10.7 Å². The van der Waals surface area contributed by atoms with E-state index in [0.717, 1.165) is 17.3 Å². The lowest BCUT2D eigenvalue weighted by molar-refractivity contribution is 0.394. The summed E-state index contributed by atoms with van der Waals surface area (Å²) in [6.07, 6.45) is 3.80. The molecular formula is C10H16BrN3O. The van der Waals surface area contributed by atoms with E-state index in [0.29, 0.717) is 17.9 Å². The minimum absolute atomic E-state index is 0.413. The molecule has 0 aliphatic rings. The van der Waals surface area contributed by atoms with Gasteiger partial charge < -0.3 is 10.1 Å². The number of rotatable bonds is 5. The van der Waals surface area contributed by atoms with Gasteiger partial charge in [-0.05, 0) is 28.8 Å². The van der Waals surface area contributed by atoms with Crippen molar-refractivity contribution in [1.29, 1.82) is 0 Å². The summed E-state index contributed by atoms with van der Waals surface area (Å²) in [5.41, 5.74) is 0. The Morgan fingerprint density at radius 1 is 1.47 bits per heavy atom. The molecule has 0 aliphatic carbocycles. The molecular weight excluding hydrogens is 258 g/mol. The molecule has 1 aromatic heterocycles. The molecule has 15 heavy (non-hydrogen) atoms. The lowest BCUT2D eigenvalue weighted by atomic mass is 10.2. The van der Waals surface area contributed by atoms with E-state index in [4.69, 9.17) is 4.74 Å². The van der Waals surface area contributed by atoms with E-state index in [9.17, 15) is 0 Å². The lowest BCUT2D eigenvalue weighted by Gasteiger charge is -2.14. The van der Waals surface area contributed by atoms with E-state index >= 15 is 0 Å². The van der Waals surface area contributed by atoms with Gasteiger partial charge in [-0.1, -0.05) is 13.8 Å². The Morgan fingerprint density at radius 2 is 2.13 bits per heavy atom. The van der Waals surface area contributed by atoms with Crippen molar-refractivity contribution in [2.75, 3.05) is 12.4 Å². The van der Waals surface area contributed by atoms with Crippen molar-refractivity contribution in [2.24, 2.45) is 0 Å².